The first-order valence-corrected chi connectivity index (χ1v) is 9.59. The Morgan fingerprint density at radius 3 is 2.40 bits per heavy atom. The van der Waals surface area contributed by atoms with E-state index in [0.717, 1.165) is 17.0 Å². The minimum atomic E-state index is -0.482. The third-order valence-corrected chi connectivity index (χ3v) is 4.79. The summed E-state index contributed by atoms with van der Waals surface area (Å²) in [6, 6.07) is 14.1. The molecule has 2 aromatic carbocycles. The maximum absolute atomic E-state index is 12.7. The summed E-state index contributed by atoms with van der Waals surface area (Å²) in [5.74, 6) is 0.777. The molecule has 1 unspecified atom stereocenters. The maximum atomic E-state index is 12.7. The Balaban J connectivity index is 1.66. The van der Waals surface area contributed by atoms with Gasteiger partial charge in [-0.3, -0.25) is 9.59 Å². The molecule has 0 bridgehead atoms. The summed E-state index contributed by atoms with van der Waals surface area (Å²) >= 11 is 0. The number of carbonyl (C=O) groups excluding carboxylic acids is 2. The van der Waals surface area contributed by atoms with Crippen LogP contribution in [0.15, 0.2) is 60.9 Å². The molecule has 0 radical (unpaired) electrons. The highest BCUT2D eigenvalue weighted by molar-refractivity contribution is 5.94. The predicted octanol–water partition coefficient (Wildman–Crippen LogP) is 3.34. The number of imidazole rings is 1. The van der Waals surface area contributed by atoms with Gasteiger partial charge in [-0.15, -0.1) is 0 Å². The van der Waals surface area contributed by atoms with Crippen LogP contribution in [0.4, 0.5) is 0 Å². The van der Waals surface area contributed by atoms with Crippen LogP contribution >= 0.6 is 0 Å². The molecule has 1 N–H and O–H groups in total. The van der Waals surface area contributed by atoms with Crippen LogP contribution in [0.5, 0.6) is 5.75 Å². The first kappa shape index (κ1) is 21.1. The first-order valence-electron chi connectivity index (χ1n) is 9.59. The van der Waals surface area contributed by atoms with E-state index >= 15 is 0 Å². The van der Waals surface area contributed by atoms with Gasteiger partial charge in [0.05, 0.1) is 19.6 Å². The standard InChI is InChI=1S/C23H25N3O4/c1-16-4-6-17(7-5-16)20(14-22(27)29-3)25-23(28)18-8-10-19(11-9-18)30-15-21-24-12-13-26(21)2/h4-13,20H,14-15H2,1-3H3,(H,25,28). The molecule has 30 heavy (non-hydrogen) atoms. The number of aryl methyl sites for hydroxylation is 2. The SMILES string of the molecule is COC(=O)CC(NC(=O)c1ccc(OCc2nccn2C)cc1)c1ccc(C)cc1. The van der Waals surface area contributed by atoms with Gasteiger partial charge >= 0.3 is 5.97 Å². The van der Waals surface area contributed by atoms with Crippen molar-refractivity contribution in [3.63, 3.8) is 0 Å². The van der Waals surface area contributed by atoms with Gasteiger partial charge in [-0.2, -0.15) is 0 Å². The van der Waals surface area contributed by atoms with Crippen LogP contribution in [-0.2, 0) is 23.2 Å². The van der Waals surface area contributed by atoms with E-state index in [-0.39, 0.29) is 18.3 Å². The first-order chi connectivity index (χ1) is 14.5. The molecule has 0 spiro atoms. The van der Waals surface area contributed by atoms with Crippen LogP contribution < -0.4 is 10.1 Å². The van der Waals surface area contributed by atoms with Gasteiger partial charge < -0.3 is 19.4 Å². The lowest BCUT2D eigenvalue weighted by molar-refractivity contribution is -0.141. The van der Waals surface area contributed by atoms with Gasteiger partial charge in [-0.05, 0) is 36.8 Å². The summed E-state index contributed by atoms with van der Waals surface area (Å²) in [5.41, 5.74) is 2.42. The minimum absolute atomic E-state index is 0.0517. The summed E-state index contributed by atoms with van der Waals surface area (Å²) in [4.78, 5) is 28.8. The van der Waals surface area contributed by atoms with Gasteiger partial charge in [0.15, 0.2) is 0 Å². The van der Waals surface area contributed by atoms with Crippen LogP contribution in [0.2, 0.25) is 0 Å². The van der Waals surface area contributed by atoms with E-state index in [1.165, 1.54) is 7.11 Å². The number of amides is 1. The molecule has 3 rings (SSSR count). The van der Waals surface area contributed by atoms with Gasteiger partial charge in [0.2, 0.25) is 0 Å². The maximum Gasteiger partial charge on any atom is 0.307 e. The fraction of sp³-hybridized carbons (Fsp3) is 0.261. The molecule has 1 atom stereocenters. The van der Waals surface area contributed by atoms with Crippen molar-refractivity contribution < 1.29 is 19.1 Å². The summed E-state index contributed by atoms with van der Waals surface area (Å²) in [6.07, 6.45) is 3.62. The van der Waals surface area contributed by atoms with Crippen LogP contribution in [0.3, 0.4) is 0 Å². The van der Waals surface area contributed by atoms with Crippen LogP contribution in [-0.4, -0.2) is 28.5 Å². The quantitative estimate of drug-likeness (QED) is 0.579. The number of nitrogens with zero attached hydrogens (tertiary/aromatic N) is 2. The highest BCUT2D eigenvalue weighted by Gasteiger charge is 2.20. The highest BCUT2D eigenvalue weighted by Crippen LogP contribution is 2.20. The molecule has 0 aliphatic rings. The number of benzene rings is 2. The molecule has 1 aromatic heterocycles. The van der Waals surface area contributed by atoms with Crippen molar-refractivity contribution in [2.75, 3.05) is 7.11 Å². The molecule has 7 nitrogen and oxygen atoms in total. The van der Waals surface area contributed by atoms with Crippen molar-refractivity contribution >= 4 is 11.9 Å². The zero-order valence-electron chi connectivity index (χ0n) is 17.3. The van der Waals surface area contributed by atoms with E-state index in [1.807, 2.05) is 49.0 Å². The molecule has 0 fully saturated rings. The van der Waals surface area contributed by atoms with Crippen molar-refractivity contribution in [3.05, 3.63) is 83.4 Å². The zero-order chi connectivity index (χ0) is 21.5. The third kappa shape index (κ3) is 5.47. The van der Waals surface area contributed by atoms with E-state index in [2.05, 4.69) is 10.3 Å². The monoisotopic (exact) mass is 407 g/mol. The molecule has 1 amide bonds. The Hall–Kier alpha value is -3.61. The minimum Gasteiger partial charge on any atom is -0.486 e. The van der Waals surface area contributed by atoms with Crippen molar-refractivity contribution in [1.29, 1.82) is 0 Å². The highest BCUT2D eigenvalue weighted by atomic mass is 16.5. The summed E-state index contributed by atoms with van der Waals surface area (Å²) in [5, 5.41) is 2.92. The van der Waals surface area contributed by atoms with Gasteiger partial charge in [-0.1, -0.05) is 29.8 Å². The second-order valence-corrected chi connectivity index (χ2v) is 6.98. The fourth-order valence-electron chi connectivity index (χ4n) is 2.93. The van der Waals surface area contributed by atoms with E-state index in [1.54, 1.807) is 30.5 Å². The Kier molecular flexibility index (Phi) is 6.85. The molecule has 7 heteroatoms. The number of aromatic nitrogens is 2. The fourth-order valence-corrected chi connectivity index (χ4v) is 2.93. The van der Waals surface area contributed by atoms with E-state index in [0.29, 0.717) is 17.9 Å². The predicted molar refractivity (Wildman–Crippen MR) is 112 cm³/mol. The lowest BCUT2D eigenvalue weighted by Crippen LogP contribution is -2.30. The summed E-state index contributed by atoms with van der Waals surface area (Å²) < 4.78 is 12.4. The molecule has 156 valence electrons. The summed E-state index contributed by atoms with van der Waals surface area (Å²) in [6.45, 7) is 2.32. The average molecular weight is 407 g/mol. The van der Waals surface area contributed by atoms with E-state index in [4.69, 9.17) is 9.47 Å². The second kappa shape index (κ2) is 9.73. The van der Waals surface area contributed by atoms with Gasteiger partial charge in [0.1, 0.15) is 18.2 Å². The lowest BCUT2D eigenvalue weighted by atomic mass is 10.0. The molecular weight excluding hydrogens is 382 g/mol. The number of carbonyl (C=O) groups is 2. The Morgan fingerprint density at radius 2 is 1.80 bits per heavy atom. The molecule has 0 aliphatic carbocycles. The second-order valence-electron chi connectivity index (χ2n) is 6.98. The Morgan fingerprint density at radius 1 is 1.10 bits per heavy atom. The zero-order valence-corrected chi connectivity index (χ0v) is 17.3. The van der Waals surface area contributed by atoms with Crippen LogP contribution in [0.25, 0.3) is 0 Å². The van der Waals surface area contributed by atoms with Crippen molar-refractivity contribution in [2.24, 2.45) is 7.05 Å². The Bertz CT molecular complexity index is 994. The molecule has 0 aliphatic heterocycles. The van der Waals surface area contributed by atoms with Crippen molar-refractivity contribution in [3.8, 4) is 5.75 Å². The van der Waals surface area contributed by atoms with Crippen LogP contribution in [0, 0.1) is 6.92 Å². The largest absolute Gasteiger partial charge is 0.486 e. The number of rotatable bonds is 8. The molecule has 0 saturated heterocycles. The number of nitrogens with one attached hydrogen (secondary N) is 1. The average Bonchev–Trinajstić information content (AvgIpc) is 3.17. The van der Waals surface area contributed by atoms with Crippen molar-refractivity contribution in [1.82, 2.24) is 14.9 Å². The number of hydrogen-bond donors (Lipinski definition) is 1. The van der Waals surface area contributed by atoms with Gasteiger partial charge in [0.25, 0.3) is 5.91 Å². The molecule has 1 heterocycles. The number of ether oxygens (including phenoxy) is 2. The normalized spacial score (nSPS) is 11.6. The van der Waals surface area contributed by atoms with E-state index in [9.17, 15) is 9.59 Å². The van der Waals surface area contributed by atoms with Crippen molar-refractivity contribution in [2.45, 2.75) is 26.0 Å². The number of esters is 1. The number of methoxy groups -OCH3 is 1. The smallest absolute Gasteiger partial charge is 0.307 e. The van der Waals surface area contributed by atoms with Crippen LogP contribution in [0.1, 0.15) is 39.8 Å². The lowest BCUT2D eigenvalue weighted by Gasteiger charge is -2.18. The van der Waals surface area contributed by atoms with Gasteiger partial charge in [0, 0.05) is 25.0 Å². The molecular formula is C23H25N3O4. The third-order valence-electron chi connectivity index (χ3n) is 4.79. The molecule has 0 saturated carbocycles. The van der Waals surface area contributed by atoms with E-state index < -0.39 is 6.04 Å². The summed E-state index contributed by atoms with van der Waals surface area (Å²) in [7, 11) is 3.23. The Labute approximate surface area is 175 Å². The topological polar surface area (TPSA) is 82.4 Å². The number of hydrogen-bond acceptors (Lipinski definition) is 5. The van der Waals surface area contributed by atoms with Gasteiger partial charge in [-0.25, -0.2) is 4.98 Å². The molecule has 3 aromatic rings.